The van der Waals surface area contributed by atoms with Gasteiger partial charge in [-0.3, -0.25) is 0 Å². The van der Waals surface area contributed by atoms with Crippen molar-refractivity contribution in [3.8, 4) is 0 Å². The third kappa shape index (κ3) is 5.79. The Labute approximate surface area is 186 Å². The smallest absolute Gasteiger partial charge is 0.338 e. The molecule has 1 aliphatic rings. The van der Waals surface area contributed by atoms with Gasteiger partial charge < -0.3 is 18.9 Å². The first-order valence-electron chi connectivity index (χ1n) is 10.5. The number of hydrogen-bond donors (Lipinski definition) is 0. The summed E-state index contributed by atoms with van der Waals surface area (Å²) in [5, 5.41) is 0. The minimum absolute atomic E-state index is 0.105. The Bertz CT molecular complexity index is 967. The predicted molar refractivity (Wildman–Crippen MR) is 117 cm³/mol. The summed E-state index contributed by atoms with van der Waals surface area (Å²) in [6.45, 7) is 0.696. The zero-order chi connectivity index (χ0) is 22.2. The van der Waals surface area contributed by atoms with Gasteiger partial charge in [0.25, 0.3) is 0 Å². The van der Waals surface area contributed by atoms with Gasteiger partial charge in [-0.15, -0.1) is 0 Å². The number of benzene rings is 3. The van der Waals surface area contributed by atoms with Crippen molar-refractivity contribution in [2.75, 3.05) is 6.61 Å². The number of carbonyl (C=O) groups excluding carboxylic acids is 1. The molecule has 166 valence electrons. The molecule has 1 heterocycles. The van der Waals surface area contributed by atoms with Crippen LogP contribution in [0.1, 0.15) is 21.5 Å². The second-order valence-corrected chi connectivity index (χ2v) is 7.52. The average Bonchev–Trinajstić information content (AvgIpc) is 3.13. The highest BCUT2D eigenvalue weighted by molar-refractivity contribution is 5.89. The Morgan fingerprint density at radius 1 is 0.781 bits per heavy atom. The van der Waals surface area contributed by atoms with Gasteiger partial charge in [-0.25, -0.2) is 9.18 Å². The normalized spacial score (nSPS) is 22.5. The van der Waals surface area contributed by atoms with Gasteiger partial charge in [0.15, 0.2) is 6.10 Å². The maximum Gasteiger partial charge on any atom is 0.338 e. The molecular weight excluding hydrogens is 411 g/mol. The highest BCUT2D eigenvalue weighted by atomic mass is 19.1. The summed E-state index contributed by atoms with van der Waals surface area (Å²) in [5.74, 6) is -0.624. The predicted octanol–water partition coefficient (Wildman–Crippen LogP) is 4.71. The minimum atomic E-state index is -1.81. The molecule has 0 N–H and O–H groups in total. The number of esters is 1. The number of carbonyl (C=O) groups is 1. The van der Waals surface area contributed by atoms with Crippen LogP contribution in [0.5, 0.6) is 0 Å². The van der Waals surface area contributed by atoms with E-state index >= 15 is 0 Å². The molecule has 0 unspecified atom stereocenters. The lowest BCUT2D eigenvalue weighted by Crippen LogP contribution is -2.39. The molecular formula is C26H25FO5. The molecule has 0 bridgehead atoms. The van der Waals surface area contributed by atoms with E-state index in [1.807, 2.05) is 60.7 Å². The van der Waals surface area contributed by atoms with Crippen LogP contribution in [0.3, 0.4) is 0 Å². The third-order valence-corrected chi connectivity index (χ3v) is 5.18. The van der Waals surface area contributed by atoms with Crippen molar-refractivity contribution < 1.29 is 28.1 Å². The van der Waals surface area contributed by atoms with Crippen molar-refractivity contribution in [3.63, 3.8) is 0 Å². The van der Waals surface area contributed by atoms with Gasteiger partial charge in [0, 0.05) is 0 Å². The largest absolute Gasteiger partial charge is 0.450 e. The van der Waals surface area contributed by atoms with Gasteiger partial charge >= 0.3 is 5.97 Å². The van der Waals surface area contributed by atoms with Crippen molar-refractivity contribution in [1.29, 1.82) is 0 Å². The molecule has 3 aromatic rings. The molecule has 1 saturated heterocycles. The number of rotatable bonds is 9. The van der Waals surface area contributed by atoms with Gasteiger partial charge in [-0.1, -0.05) is 78.9 Å². The van der Waals surface area contributed by atoms with E-state index in [4.69, 9.17) is 18.9 Å². The SMILES string of the molecule is O=C(O[C@H]1[C@H](OCc2ccccc2)[C@@H](COCc2ccccc2)O[C@@H]1F)c1ccccc1. The van der Waals surface area contributed by atoms with Gasteiger partial charge in [-0.2, -0.15) is 0 Å². The summed E-state index contributed by atoms with van der Waals surface area (Å²) >= 11 is 0. The summed E-state index contributed by atoms with van der Waals surface area (Å²) < 4.78 is 37.5. The summed E-state index contributed by atoms with van der Waals surface area (Å²) in [4.78, 5) is 12.5. The van der Waals surface area contributed by atoms with Crippen LogP contribution in [0.25, 0.3) is 0 Å². The van der Waals surface area contributed by atoms with Crippen LogP contribution < -0.4 is 0 Å². The van der Waals surface area contributed by atoms with Crippen LogP contribution >= 0.6 is 0 Å². The Morgan fingerprint density at radius 2 is 1.34 bits per heavy atom. The van der Waals surface area contributed by atoms with E-state index in [-0.39, 0.29) is 13.2 Å². The average molecular weight is 436 g/mol. The lowest BCUT2D eigenvalue weighted by Gasteiger charge is -2.23. The van der Waals surface area contributed by atoms with Crippen LogP contribution in [-0.4, -0.2) is 37.2 Å². The quantitative estimate of drug-likeness (QED) is 0.455. The zero-order valence-electron chi connectivity index (χ0n) is 17.5. The zero-order valence-corrected chi connectivity index (χ0v) is 17.5. The van der Waals surface area contributed by atoms with Gasteiger partial charge in [0.1, 0.15) is 12.2 Å². The number of ether oxygens (including phenoxy) is 4. The van der Waals surface area contributed by atoms with Gasteiger partial charge in [0.05, 0.1) is 25.4 Å². The molecule has 5 nitrogen and oxygen atoms in total. The highest BCUT2D eigenvalue weighted by Gasteiger charge is 2.48. The van der Waals surface area contributed by atoms with Gasteiger partial charge in [-0.05, 0) is 23.3 Å². The van der Waals surface area contributed by atoms with E-state index in [1.165, 1.54) is 0 Å². The first-order chi connectivity index (χ1) is 15.7. The van der Waals surface area contributed by atoms with Crippen LogP contribution in [-0.2, 0) is 32.2 Å². The fourth-order valence-corrected chi connectivity index (χ4v) is 3.54. The van der Waals surface area contributed by atoms with Crippen LogP contribution in [0.15, 0.2) is 91.0 Å². The Balaban J connectivity index is 1.43. The maximum atomic E-state index is 14.8. The number of hydrogen-bond acceptors (Lipinski definition) is 5. The van der Waals surface area contributed by atoms with Crippen molar-refractivity contribution in [2.24, 2.45) is 0 Å². The van der Waals surface area contributed by atoms with Crippen LogP contribution in [0.2, 0.25) is 0 Å². The summed E-state index contributed by atoms with van der Waals surface area (Å²) in [5.41, 5.74) is 2.26. The first kappa shape index (κ1) is 22.1. The molecule has 0 spiro atoms. The topological polar surface area (TPSA) is 54.0 Å². The van der Waals surface area contributed by atoms with E-state index in [2.05, 4.69) is 0 Å². The van der Waals surface area contributed by atoms with Crippen molar-refractivity contribution >= 4 is 5.97 Å². The van der Waals surface area contributed by atoms with E-state index in [0.717, 1.165) is 11.1 Å². The van der Waals surface area contributed by atoms with E-state index in [9.17, 15) is 9.18 Å². The van der Waals surface area contributed by atoms with E-state index in [1.54, 1.807) is 30.3 Å². The fourth-order valence-electron chi connectivity index (χ4n) is 3.54. The number of alkyl halides is 1. The summed E-state index contributed by atoms with van der Waals surface area (Å²) in [7, 11) is 0. The Kier molecular flexibility index (Phi) is 7.61. The van der Waals surface area contributed by atoms with Crippen molar-refractivity contribution in [1.82, 2.24) is 0 Å². The molecule has 1 aliphatic heterocycles. The third-order valence-electron chi connectivity index (χ3n) is 5.18. The molecule has 4 atom stereocenters. The molecule has 3 aromatic carbocycles. The Hall–Kier alpha value is -3.06. The second-order valence-electron chi connectivity index (χ2n) is 7.52. The van der Waals surface area contributed by atoms with Crippen LogP contribution in [0.4, 0.5) is 4.39 Å². The standard InChI is InChI=1S/C26H25FO5/c27-25-24(32-26(28)21-14-8-3-9-15-21)23(30-17-20-12-6-2-7-13-20)22(31-25)18-29-16-19-10-4-1-5-11-19/h1-15,22-25H,16-18H2/t22-,23-,24+,25+/m1/s1. The fraction of sp³-hybridized carbons (Fsp3) is 0.269. The van der Waals surface area contributed by atoms with Crippen LogP contribution in [0, 0.1) is 0 Å². The minimum Gasteiger partial charge on any atom is -0.450 e. The lowest BCUT2D eigenvalue weighted by molar-refractivity contribution is -0.0969. The van der Waals surface area contributed by atoms with Crippen molar-refractivity contribution in [3.05, 3.63) is 108 Å². The second kappa shape index (κ2) is 11.0. The molecule has 1 fully saturated rings. The van der Waals surface area contributed by atoms with E-state index < -0.39 is 30.6 Å². The monoisotopic (exact) mass is 436 g/mol. The molecule has 0 radical (unpaired) electrons. The molecule has 6 heteroatoms. The molecule has 0 aromatic heterocycles. The number of halogens is 1. The van der Waals surface area contributed by atoms with Gasteiger partial charge in [0.2, 0.25) is 6.36 Å². The molecule has 4 rings (SSSR count). The Morgan fingerprint density at radius 3 is 1.97 bits per heavy atom. The van der Waals surface area contributed by atoms with Crippen molar-refractivity contribution in [2.45, 2.75) is 37.9 Å². The summed E-state index contributed by atoms with van der Waals surface area (Å²) in [6.07, 6.45) is -4.54. The maximum absolute atomic E-state index is 14.8. The lowest BCUT2D eigenvalue weighted by atomic mass is 10.1. The molecule has 0 amide bonds. The molecule has 0 saturated carbocycles. The van der Waals surface area contributed by atoms with E-state index in [0.29, 0.717) is 12.2 Å². The highest BCUT2D eigenvalue weighted by Crippen LogP contribution is 2.29. The first-order valence-corrected chi connectivity index (χ1v) is 10.5. The summed E-state index contributed by atoms with van der Waals surface area (Å²) in [6, 6.07) is 27.7. The molecule has 32 heavy (non-hydrogen) atoms. The molecule has 0 aliphatic carbocycles.